The van der Waals surface area contributed by atoms with E-state index in [1.54, 1.807) is 0 Å². The van der Waals surface area contributed by atoms with Crippen molar-refractivity contribution in [2.45, 2.75) is 77.7 Å². The van der Waals surface area contributed by atoms with Crippen LogP contribution in [0, 0.1) is 19.8 Å². The Hall–Kier alpha value is -1.36. The summed E-state index contributed by atoms with van der Waals surface area (Å²) in [5.74, 6) is 0.859. The molecule has 140 valence electrons. The monoisotopic (exact) mass is 347 g/mol. The molecule has 1 N–H and O–H groups in total. The van der Waals surface area contributed by atoms with Gasteiger partial charge in [-0.3, -0.25) is 9.89 Å². The number of aromatic amines is 1. The van der Waals surface area contributed by atoms with Crippen molar-refractivity contribution in [2.24, 2.45) is 5.92 Å². The number of aromatic nitrogens is 2. The van der Waals surface area contributed by atoms with Gasteiger partial charge in [0.25, 0.3) is 0 Å². The number of H-pyrrole nitrogens is 1. The lowest BCUT2D eigenvalue weighted by Crippen LogP contribution is -2.43. The Kier molecular flexibility index (Phi) is 6.15. The van der Waals surface area contributed by atoms with E-state index >= 15 is 0 Å². The number of amides is 1. The molecule has 2 heterocycles. The van der Waals surface area contributed by atoms with Gasteiger partial charge in [-0.2, -0.15) is 5.10 Å². The normalized spacial score (nSPS) is 21.5. The molecule has 0 bridgehead atoms. The third kappa shape index (κ3) is 4.43. The van der Waals surface area contributed by atoms with Crippen LogP contribution in [0.4, 0.5) is 0 Å². The zero-order chi connectivity index (χ0) is 17.8. The second kappa shape index (κ2) is 8.35. The number of likely N-dealkylation sites (tertiary alicyclic amines) is 1. The van der Waals surface area contributed by atoms with E-state index in [4.69, 9.17) is 4.74 Å². The number of ether oxygens (including phenoxy) is 1. The number of piperidine rings is 1. The van der Waals surface area contributed by atoms with Crippen molar-refractivity contribution in [3.63, 3.8) is 0 Å². The van der Waals surface area contributed by atoms with Crippen molar-refractivity contribution >= 4 is 5.91 Å². The largest absolute Gasteiger partial charge is 0.378 e. The van der Waals surface area contributed by atoms with Gasteiger partial charge in [0, 0.05) is 31.0 Å². The number of nitrogens with zero attached hydrogens (tertiary/aromatic N) is 2. The molecule has 1 amide bonds. The van der Waals surface area contributed by atoms with Crippen molar-refractivity contribution < 1.29 is 9.53 Å². The number of carbonyl (C=O) groups excluding carboxylic acids is 1. The lowest BCUT2D eigenvalue weighted by molar-refractivity contribution is -0.135. The van der Waals surface area contributed by atoms with Gasteiger partial charge in [0.2, 0.25) is 5.91 Å². The molecule has 0 aromatic carbocycles. The van der Waals surface area contributed by atoms with E-state index in [1.807, 2.05) is 25.7 Å². The molecule has 1 aromatic rings. The first kappa shape index (κ1) is 18.4. The first-order valence-corrected chi connectivity index (χ1v) is 9.98. The Balaban J connectivity index is 1.46. The third-order valence-corrected chi connectivity index (χ3v) is 6.03. The highest BCUT2D eigenvalue weighted by Crippen LogP contribution is 2.27. The Morgan fingerprint density at radius 2 is 1.88 bits per heavy atom. The molecule has 1 aliphatic heterocycles. The van der Waals surface area contributed by atoms with Crippen LogP contribution in [0.3, 0.4) is 0 Å². The summed E-state index contributed by atoms with van der Waals surface area (Å²) in [6.07, 6.45) is 9.06. The van der Waals surface area contributed by atoms with Crippen molar-refractivity contribution in [1.82, 2.24) is 15.1 Å². The predicted molar refractivity (Wildman–Crippen MR) is 98.6 cm³/mol. The van der Waals surface area contributed by atoms with Crippen LogP contribution >= 0.6 is 0 Å². The molecule has 1 saturated heterocycles. The topological polar surface area (TPSA) is 58.2 Å². The highest BCUT2D eigenvalue weighted by atomic mass is 16.5. The summed E-state index contributed by atoms with van der Waals surface area (Å²) >= 11 is 0. The summed E-state index contributed by atoms with van der Waals surface area (Å²) in [5, 5.41) is 7.22. The number of aryl methyl sites for hydroxylation is 2. The Morgan fingerprint density at radius 1 is 1.20 bits per heavy atom. The highest BCUT2D eigenvalue weighted by Gasteiger charge is 2.29. The molecule has 3 rings (SSSR count). The standard InChI is InChI=1S/C20H33N3O2/c1-14(19-15(2)21-22-16(19)3)20(24)23-11-9-18(10-12-23)25-13-17-7-5-4-6-8-17/h14,17-18H,4-13H2,1-3H3,(H,21,22). The van der Waals surface area contributed by atoms with Crippen LogP contribution in [0.15, 0.2) is 0 Å². The van der Waals surface area contributed by atoms with Gasteiger partial charge in [-0.15, -0.1) is 0 Å². The van der Waals surface area contributed by atoms with E-state index in [1.165, 1.54) is 32.1 Å². The van der Waals surface area contributed by atoms with Gasteiger partial charge >= 0.3 is 0 Å². The SMILES string of the molecule is Cc1n[nH]c(C)c1C(C)C(=O)N1CCC(OCC2CCCCC2)CC1. The molecule has 0 radical (unpaired) electrons. The van der Waals surface area contributed by atoms with Crippen LogP contribution in [-0.4, -0.2) is 46.8 Å². The van der Waals surface area contributed by atoms with Crippen LogP contribution in [-0.2, 0) is 9.53 Å². The summed E-state index contributed by atoms with van der Waals surface area (Å²) in [4.78, 5) is 14.9. The van der Waals surface area contributed by atoms with Crippen LogP contribution in [0.5, 0.6) is 0 Å². The van der Waals surface area contributed by atoms with Crippen molar-refractivity contribution in [3.8, 4) is 0 Å². The fraction of sp³-hybridized carbons (Fsp3) is 0.800. The van der Waals surface area contributed by atoms with E-state index in [-0.39, 0.29) is 11.8 Å². The molecule has 2 aliphatic rings. The summed E-state index contributed by atoms with van der Waals surface area (Å²) in [6, 6.07) is 0. The molecule has 1 saturated carbocycles. The van der Waals surface area contributed by atoms with Gasteiger partial charge in [0.05, 0.1) is 17.7 Å². The first-order chi connectivity index (χ1) is 12.1. The van der Waals surface area contributed by atoms with E-state index < -0.39 is 0 Å². The summed E-state index contributed by atoms with van der Waals surface area (Å²) < 4.78 is 6.17. The van der Waals surface area contributed by atoms with Crippen LogP contribution in [0.25, 0.3) is 0 Å². The minimum Gasteiger partial charge on any atom is -0.378 e. The quantitative estimate of drug-likeness (QED) is 0.883. The highest BCUT2D eigenvalue weighted by molar-refractivity contribution is 5.84. The first-order valence-electron chi connectivity index (χ1n) is 9.98. The van der Waals surface area contributed by atoms with E-state index in [0.29, 0.717) is 6.10 Å². The summed E-state index contributed by atoms with van der Waals surface area (Å²) in [5.41, 5.74) is 2.99. The van der Waals surface area contributed by atoms with Gasteiger partial charge in [-0.1, -0.05) is 19.3 Å². The number of carbonyl (C=O) groups is 1. The van der Waals surface area contributed by atoms with Crippen molar-refractivity contribution in [1.29, 1.82) is 0 Å². The molecule has 0 spiro atoms. The van der Waals surface area contributed by atoms with Gasteiger partial charge in [0.15, 0.2) is 0 Å². The lowest BCUT2D eigenvalue weighted by Gasteiger charge is -2.34. The zero-order valence-corrected chi connectivity index (χ0v) is 16.0. The van der Waals surface area contributed by atoms with Gasteiger partial charge in [-0.05, 0) is 52.4 Å². The van der Waals surface area contributed by atoms with Crippen molar-refractivity contribution in [2.75, 3.05) is 19.7 Å². The maximum atomic E-state index is 12.9. The van der Waals surface area contributed by atoms with Gasteiger partial charge in [0.1, 0.15) is 0 Å². The van der Waals surface area contributed by atoms with Crippen LogP contribution in [0.2, 0.25) is 0 Å². The maximum Gasteiger partial charge on any atom is 0.229 e. The number of rotatable bonds is 5. The number of nitrogens with one attached hydrogen (secondary N) is 1. The average Bonchev–Trinajstić information content (AvgIpc) is 2.98. The average molecular weight is 348 g/mol. The van der Waals surface area contributed by atoms with E-state index in [0.717, 1.165) is 55.4 Å². The molecule has 25 heavy (non-hydrogen) atoms. The molecular weight excluding hydrogens is 314 g/mol. The van der Waals surface area contributed by atoms with Crippen LogP contribution < -0.4 is 0 Å². The predicted octanol–water partition coefficient (Wildman–Crippen LogP) is 3.72. The molecule has 1 aliphatic carbocycles. The van der Waals surface area contributed by atoms with Gasteiger partial charge in [-0.25, -0.2) is 0 Å². The Morgan fingerprint density at radius 3 is 2.48 bits per heavy atom. The third-order valence-electron chi connectivity index (χ3n) is 6.03. The minimum absolute atomic E-state index is 0.126. The van der Waals surface area contributed by atoms with Crippen molar-refractivity contribution in [3.05, 3.63) is 17.0 Å². The van der Waals surface area contributed by atoms with Gasteiger partial charge < -0.3 is 9.64 Å². The fourth-order valence-electron chi connectivity index (χ4n) is 4.46. The summed E-state index contributed by atoms with van der Waals surface area (Å²) in [7, 11) is 0. The second-order valence-electron chi connectivity index (χ2n) is 7.93. The lowest BCUT2D eigenvalue weighted by atomic mass is 9.90. The number of hydrogen-bond acceptors (Lipinski definition) is 3. The molecule has 5 nitrogen and oxygen atoms in total. The smallest absolute Gasteiger partial charge is 0.229 e. The fourth-order valence-corrected chi connectivity index (χ4v) is 4.46. The Labute approximate surface area is 151 Å². The van der Waals surface area contributed by atoms with E-state index in [9.17, 15) is 4.79 Å². The van der Waals surface area contributed by atoms with Crippen LogP contribution in [0.1, 0.15) is 74.7 Å². The minimum atomic E-state index is -0.126. The molecule has 5 heteroatoms. The molecule has 1 unspecified atom stereocenters. The molecule has 1 aromatic heterocycles. The zero-order valence-electron chi connectivity index (χ0n) is 16.0. The number of hydrogen-bond donors (Lipinski definition) is 1. The second-order valence-corrected chi connectivity index (χ2v) is 7.93. The Bertz CT molecular complexity index is 550. The van der Waals surface area contributed by atoms with E-state index in [2.05, 4.69) is 10.2 Å². The summed E-state index contributed by atoms with van der Waals surface area (Å²) in [6.45, 7) is 8.50. The molecular formula is C20H33N3O2. The maximum absolute atomic E-state index is 12.9. The molecule has 1 atom stereocenters. The molecule has 2 fully saturated rings.